The third-order valence-electron chi connectivity index (χ3n) is 6.87. The van der Waals surface area contributed by atoms with Crippen LogP contribution in [0.3, 0.4) is 0 Å². The number of fused-ring (bicyclic) bond motifs is 5. The Kier molecular flexibility index (Phi) is 3.32. The van der Waals surface area contributed by atoms with E-state index in [0.29, 0.717) is 0 Å². The molecule has 0 N–H and O–H groups in total. The highest BCUT2D eigenvalue weighted by Gasteiger charge is 2.29. The van der Waals surface area contributed by atoms with Crippen LogP contribution in [0.4, 0.5) is 0 Å². The lowest BCUT2D eigenvalue weighted by molar-refractivity contribution is -0.646. The summed E-state index contributed by atoms with van der Waals surface area (Å²) in [5.41, 5.74) is 9.05. The van der Waals surface area contributed by atoms with Gasteiger partial charge in [0.1, 0.15) is 5.52 Å². The van der Waals surface area contributed by atoms with Gasteiger partial charge in [0.05, 0.1) is 42.4 Å². The molecule has 0 atom stereocenters. The molecule has 0 unspecified atom stereocenters. The second kappa shape index (κ2) is 5.58. The summed E-state index contributed by atoms with van der Waals surface area (Å²) in [6, 6.07) is 15.9. The summed E-state index contributed by atoms with van der Waals surface area (Å²) in [5, 5.41) is 6.75. The summed E-state index contributed by atoms with van der Waals surface area (Å²) in [6.07, 6.45) is 2.01. The maximum atomic E-state index is 4.99. The van der Waals surface area contributed by atoms with Crippen molar-refractivity contribution in [3.05, 3.63) is 59.9 Å². The van der Waals surface area contributed by atoms with Crippen LogP contribution >= 0.6 is 0 Å². The second-order valence-corrected chi connectivity index (χ2v) is 14.8. The van der Waals surface area contributed by atoms with E-state index in [0.717, 1.165) is 0 Å². The van der Waals surface area contributed by atoms with Crippen LogP contribution in [-0.2, 0) is 7.05 Å². The summed E-state index contributed by atoms with van der Waals surface area (Å²) in [5.74, 6) is 0. The molecule has 3 aromatic heterocycles. The smallest absolute Gasteiger partial charge is 0.287 e. The first-order valence-corrected chi connectivity index (χ1v) is 14.1. The first kappa shape index (κ1) is 17.8. The predicted octanol–water partition coefficient (Wildman–Crippen LogP) is 5.37. The molecule has 3 heterocycles. The van der Waals surface area contributed by atoms with Crippen LogP contribution in [0.25, 0.3) is 49.1 Å². The molecule has 0 radical (unpaired) electrons. The maximum absolute atomic E-state index is 4.99. The molecule has 0 saturated carbocycles. The molecule has 0 fully saturated rings. The molecule has 6 rings (SSSR count). The van der Waals surface area contributed by atoms with E-state index in [4.69, 9.17) is 4.98 Å². The van der Waals surface area contributed by atoms with E-state index in [-0.39, 0.29) is 0 Å². The van der Waals surface area contributed by atoms with Gasteiger partial charge in [0.15, 0.2) is 5.52 Å². The average Bonchev–Trinajstić information content (AvgIpc) is 3.03. The van der Waals surface area contributed by atoms with Gasteiger partial charge in [0.2, 0.25) is 0 Å². The van der Waals surface area contributed by atoms with Crippen molar-refractivity contribution in [2.45, 2.75) is 33.5 Å². The zero-order valence-corrected chi connectivity index (χ0v) is 19.5. The van der Waals surface area contributed by atoms with E-state index in [9.17, 15) is 0 Å². The Morgan fingerprint density at radius 2 is 1.67 bits per heavy atom. The van der Waals surface area contributed by atoms with Crippen LogP contribution in [0.2, 0.25) is 19.6 Å². The van der Waals surface area contributed by atoms with Gasteiger partial charge in [0, 0.05) is 10.8 Å². The van der Waals surface area contributed by atoms with Crippen molar-refractivity contribution in [1.29, 1.82) is 0 Å². The molecule has 4 heteroatoms. The second-order valence-electron chi connectivity index (χ2n) is 9.75. The van der Waals surface area contributed by atoms with Gasteiger partial charge in [-0.1, -0.05) is 43.9 Å². The summed E-state index contributed by atoms with van der Waals surface area (Å²) in [4.78, 5) is 4.99. The maximum Gasteiger partial charge on any atom is 0.287 e. The lowest BCUT2D eigenvalue weighted by atomic mass is 9.97. The number of para-hydroxylation sites is 1. The van der Waals surface area contributed by atoms with Crippen molar-refractivity contribution in [2.24, 2.45) is 7.05 Å². The minimum absolute atomic E-state index is 1.18. The van der Waals surface area contributed by atoms with Crippen molar-refractivity contribution < 1.29 is 4.57 Å². The molecule has 30 heavy (non-hydrogen) atoms. The Hall–Kier alpha value is -2.98. The topological polar surface area (TPSA) is 21.2 Å². The molecule has 0 aliphatic rings. The minimum atomic E-state index is -1.55. The number of rotatable bonds is 1. The van der Waals surface area contributed by atoms with Gasteiger partial charge in [-0.25, -0.2) is 4.57 Å². The van der Waals surface area contributed by atoms with Crippen molar-refractivity contribution in [1.82, 2.24) is 9.38 Å². The zero-order valence-electron chi connectivity index (χ0n) is 18.5. The molecule has 0 aliphatic carbocycles. The van der Waals surface area contributed by atoms with Gasteiger partial charge in [-0.05, 0) is 53.3 Å². The number of nitrogens with zero attached hydrogens (tertiary/aromatic N) is 3. The van der Waals surface area contributed by atoms with Crippen molar-refractivity contribution in [3.63, 3.8) is 0 Å². The average molecular weight is 409 g/mol. The molecule has 3 nitrogen and oxygen atoms in total. The Bertz CT molecular complexity index is 1650. The van der Waals surface area contributed by atoms with Gasteiger partial charge in [-0.3, -0.25) is 0 Å². The molecular weight excluding hydrogens is 382 g/mol. The molecule has 0 saturated heterocycles. The highest BCUT2D eigenvalue weighted by Crippen LogP contribution is 2.41. The fourth-order valence-corrected chi connectivity index (χ4v) is 6.80. The Morgan fingerprint density at radius 3 is 2.43 bits per heavy atom. The highest BCUT2D eigenvalue weighted by molar-refractivity contribution is 6.90. The molecule has 0 bridgehead atoms. The monoisotopic (exact) mass is 408 g/mol. The molecule has 0 amide bonds. The first-order valence-electron chi connectivity index (χ1n) is 10.6. The van der Waals surface area contributed by atoms with Crippen LogP contribution < -0.4 is 9.75 Å². The SMILES string of the molecule is Cc1cc2c3ccccc3n3c4ccc([Si](C)(C)C)c5nc[n+](C)c(c(c1C)c23)c54. The van der Waals surface area contributed by atoms with Gasteiger partial charge >= 0.3 is 0 Å². The van der Waals surface area contributed by atoms with Gasteiger partial charge in [0.25, 0.3) is 6.33 Å². The number of pyridine rings is 1. The van der Waals surface area contributed by atoms with E-state index in [2.05, 4.69) is 92.0 Å². The highest BCUT2D eigenvalue weighted by atomic mass is 28.3. The summed E-state index contributed by atoms with van der Waals surface area (Å²) in [7, 11) is 0.591. The summed E-state index contributed by atoms with van der Waals surface area (Å²) in [6.45, 7) is 11.7. The van der Waals surface area contributed by atoms with E-state index in [1.165, 1.54) is 65.4 Å². The predicted molar refractivity (Wildman–Crippen MR) is 130 cm³/mol. The number of hydrogen-bond acceptors (Lipinski definition) is 1. The lowest BCUT2D eigenvalue weighted by Gasteiger charge is -2.19. The van der Waals surface area contributed by atoms with E-state index in [1.807, 2.05) is 6.33 Å². The summed E-state index contributed by atoms with van der Waals surface area (Å²) >= 11 is 0. The fourth-order valence-electron chi connectivity index (χ4n) is 5.32. The lowest BCUT2D eigenvalue weighted by Crippen LogP contribution is -2.40. The summed E-state index contributed by atoms with van der Waals surface area (Å²) < 4.78 is 4.71. The Labute approximate surface area is 176 Å². The van der Waals surface area contributed by atoms with Gasteiger partial charge in [-0.15, -0.1) is 0 Å². The third-order valence-corrected chi connectivity index (χ3v) is 8.89. The van der Waals surface area contributed by atoms with Crippen LogP contribution in [0, 0.1) is 13.8 Å². The molecule has 148 valence electrons. The number of hydrogen-bond donors (Lipinski definition) is 0. The van der Waals surface area contributed by atoms with Crippen molar-refractivity contribution >= 4 is 62.4 Å². The number of benzene rings is 3. The zero-order chi connectivity index (χ0) is 20.9. The molecule has 0 aliphatic heterocycles. The van der Waals surface area contributed by atoms with Crippen LogP contribution in [0.15, 0.2) is 48.8 Å². The van der Waals surface area contributed by atoms with Crippen LogP contribution in [0.1, 0.15) is 11.1 Å². The van der Waals surface area contributed by atoms with Gasteiger partial charge < -0.3 is 4.40 Å². The van der Waals surface area contributed by atoms with Crippen molar-refractivity contribution in [2.75, 3.05) is 0 Å². The number of aryl methyl sites for hydroxylation is 3. The van der Waals surface area contributed by atoms with E-state index >= 15 is 0 Å². The van der Waals surface area contributed by atoms with Crippen molar-refractivity contribution in [3.8, 4) is 0 Å². The van der Waals surface area contributed by atoms with Crippen LogP contribution in [0.5, 0.6) is 0 Å². The third kappa shape index (κ3) is 2.04. The van der Waals surface area contributed by atoms with Gasteiger partial charge in [-0.2, -0.15) is 0 Å². The molecule has 3 aromatic carbocycles. The minimum Gasteiger partial charge on any atom is -0.308 e. The van der Waals surface area contributed by atoms with Crippen LogP contribution in [-0.4, -0.2) is 17.5 Å². The molecule has 0 spiro atoms. The fraction of sp³-hybridized carbons (Fsp3) is 0.231. The number of aromatic nitrogens is 3. The standard InChI is InChI=1S/C26H26N3Si/c1-15-13-18-17-9-7-8-10-19(17)29-20-11-12-21(30(4,5)6)24-23(20)26(28(3)14-27-24)22(16(15)2)25(18)29/h7-14H,1-6H3/q+1. The molecular formula is C26H26N3Si+. The Balaban J connectivity index is 2.08. The normalized spacial score (nSPS) is 13.0. The Morgan fingerprint density at radius 1 is 0.900 bits per heavy atom. The molecule has 6 aromatic rings. The van der Waals surface area contributed by atoms with E-state index in [1.54, 1.807) is 0 Å². The quantitative estimate of drug-likeness (QED) is 0.155. The largest absolute Gasteiger partial charge is 0.308 e. The van der Waals surface area contributed by atoms with E-state index < -0.39 is 8.07 Å². The first-order chi connectivity index (χ1) is 14.3.